The van der Waals surface area contributed by atoms with Crippen LogP contribution >= 0.6 is 0 Å². The molecular formula is C12H15FO2. The van der Waals surface area contributed by atoms with Crippen molar-refractivity contribution in [1.82, 2.24) is 0 Å². The molecule has 1 aliphatic carbocycles. The molecule has 1 aromatic rings. The summed E-state index contributed by atoms with van der Waals surface area (Å²) in [7, 11) is 3.24. The molecule has 1 fully saturated rings. The van der Waals surface area contributed by atoms with E-state index in [1.807, 2.05) is 0 Å². The van der Waals surface area contributed by atoms with Crippen molar-refractivity contribution in [1.29, 1.82) is 0 Å². The summed E-state index contributed by atoms with van der Waals surface area (Å²) < 4.78 is 23.6. The Morgan fingerprint density at radius 2 is 2.07 bits per heavy atom. The second-order valence-electron chi connectivity index (χ2n) is 3.88. The van der Waals surface area contributed by atoms with Crippen LogP contribution in [0.1, 0.15) is 24.5 Å². The van der Waals surface area contributed by atoms with Gasteiger partial charge in [0.05, 0.1) is 13.2 Å². The molecule has 0 N–H and O–H groups in total. The van der Waals surface area contributed by atoms with Crippen LogP contribution in [0.3, 0.4) is 0 Å². The van der Waals surface area contributed by atoms with Gasteiger partial charge in [0.25, 0.3) is 0 Å². The zero-order valence-corrected chi connectivity index (χ0v) is 9.00. The molecule has 0 amide bonds. The Balaban J connectivity index is 2.32. The highest BCUT2D eigenvalue weighted by atomic mass is 19.1. The highest BCUT2D eigenvalue weighted by Gasteiger charge is 2.34. The molecule has 1 aromatic carbocycles. The van der Waals surface area contributed by atoms with E-state index in [1.165, 1.54) is 25.0 Å². The number of benzene rings is 1. The molecule has 1 aliphatic rings. The SMILES string of the molecule is COc1cc(F)ccc1C(OC)C1CC1. The van der Waals surface area contributed by atoms with Crippen LogP contribution in [0.5, 0.6) is 5.75 Å². The maximum atomic E-state index is 13.0. The monoisotopic (exact) mass is 210 g/mol. The van der Waals surface area contributed by atoms with Crippen LogP contribution in [0.4, 0.5) is 4.39 Å². The summed E-state index contributed by atoms with van der Waals surface area (Å²) in [6.45, 7) is 0. The number of hydrogen-bond donors (Lipinski definition) is 0. The quantitative estimate of drug-likeness (QED) is 0.760. The first-order valence-corrected chi connectivity index (χ1v) is 5.12. The molecular weight excluding hydrogens is 195 g/mol. The van der Waals surface area contributed by atoms with E-state index in [0.717, 1.165) is 5.56 Å². The molecule has 1 atom stereocenters. The zero-order chi connectivity index (χ0) is 10.8. The Bertz CT molecular complexity index is 347. The Morgan fingerprint density at radius 3 is 2.60 bits per heavy atom. The highest BCUT2D eigenvalue weighted by molar-refractivity contribution is 5.36. The minimum absolute atomic E-state index is 0.0422. The molecule has 0 heterocycles. The summed E-state index contributed by atoms with van der Waals surface area (Å²) in [5, 5.41) is 0. The predicted molar refractivity (Wildman–Crippen MR) is 55.4 cm³/mol. The fourth-order valence-electron chi connectivity index (χ4n) is 1.89. The number of methoxy groups -OCH3 is 2. The van der Waals surface area contributed by atoms with Crippen LogP contribution in [-0.2, 0) is 4.74 Å². The first-order valence-electron chi connectivity index (χ1n) is 5.12. The summed E-state index contributed by atoms with van der Waals surface area (Å²) in [6, 6.07) is 4.61. The van der Waals surface area contributed by atoms with Gasteiger partial charge < -0.3 is 9.47 Å². The lowest BCUT2D eigenvalue weighted by atomic mass is 10.0. The highest BCUT2D eigenvalue weighted by Crippen LogP contribution is 2.45. The Labute approximate surface area is 89.0 Å². The predicted octanol–water partition coefficient (Wildman–Crippen LogP) is 2.93. The molecule has 82 valence electrons. The van der Waals surface area contributed by atoms with Crippen molar-refractivity contribution in [2.75, 3.05) is 14.2 Å². The van der Waals surface area contributed by atoms with Crippen molar-refractivity contribution < 1.29 is 13.9 Å². The fourth-order valence-corrected chi connectivity index (χ4v) is 1.89. The van der Waals surface area contributed by atoms with Gasteiger partial charge in [0, 0.05) is 18.7 Å². The number of rotatable bonds is 4. The second-order valence-corrected chi connectivity index (χ2v) is 3.88. The van der Waals surface area contributed by atoms with Crippen molar-refractivity contribution in [2.45, 2.75) is 18.9 Å². The average Bonchev–Trinajstić information content (AvgIpc) is 3.05. The summed E-state index contributed by atoms with van der Waals surface area (Å²) in [5.74, 6) is 0.865. The van der Waals surface area contributed by atoms with Gasteiger partial charge in [-0.05, 0) is 30.9 Å². The normalized spacial score (nSPS) is 17.5. The fraction of sp³-hybridized carbons (Fsp3) is 0.500. The first-order chi connectivity index (χ1) is 7.26. The summed E-state index contributed by atoms with van der Waals surface area (Å²) in [4.78, 5) is 0. The zero-order valence-electron chi connectivity index (χ0n) is 9.00. The van der Waals surface area contributed by atoms with Gasteiger partial charge in [-0.3, -0.25) is 0 Å². The van der Waals surface area contributed by atoms with E-state index in [4.69, 9.17) is 9.47 Å². The number of halogens is 1. The van der Waals surface area contributed by atoms with Crippen molar-refractivity contribution in [2.24, 2.45) is 5.92 Å². The summed E-state index contributed by atoms with van der Waals surface area (Å²) in [6.07, 6.45) is 2.40. The van der Waals surface area contributed by atoms with E-state index >= 15 is 0 Å². The van der Waals surface area contributed by atoms with Gasteiger partial charge in [0.2, 0.25) is 0 Å². The minimum Gasteiger partial charge on any atom is -0.496 e. The van der Waals surface area contributed by atoms with Gasteiger partial charge in [-0.25, -0.2) is 4.39 Å². The smallest absolute Gasteiger partial charge is 0.127 e. The lowest BCUT2D eigenvalue weighted by molar-refractivity contribution is 0.0822. The third-order valence-corrected chi connectivity index (χ3v) is 2.81. The van der Waals surface area contributed by atoms with Crippen LogP contribution in [0.15, 0.2) is 18.2 Å². The third kappa shape index (κ3) is 2.12. The van der Waals surface area contributed by atoms with Crippen LogP contribution < -0.4 is 4.74 Å². The van der Waals surface area contributed by atoms with E-state index in [2.05, 4.69) is 0 Å². The second kappa shape index (κ2) is 4.19. The van der Waals surface area contributed by atoms with Gasteiger partial charge in [-0.2, -0.15) is 0 Å². The van der Waals surface area contributed by atoms with Crippen molar-refractivity contribution >= 4 is 0 Å². The van der Waals surface area contributed by atoms with Crippen molar-refractivity contribution in [3.05, 3.63) is 29.6 Å². The Kier molecular flexibility index (Phi) is 2.91. The van der Waals surface area contributed by atoms with Crippen LogP contribution in [0, 0.1) is 11.7 Å². The van der Waals surface area contributed by atoms with Crippen LogP contribution in [0.2, 0.25) is 0 Å². The first kappa shape index (κ1) is 10.4. The molecule has 0 bridgehead atoms. The summed E-state index contributed by atoms with van der Waals surface area (Å²) >= 11 is 0. The van der Waals surface area contributed by atoms with Crippen molar-refractivity contribution in [3.8, 4) is 5.75 Å². The molecule has 0 aromatic heterocycles. The maximum absolute atomic E-state index is 13.0. The molecule has 15 heavy (non-hydrogen) atoms. The van der Waals surface area contributed by atoms with E-state index in [1.54, 1.807) is 20.3 Å². The largest absolute Gasteiger partial charge is 0.496 e. The molecule has 0 radical (unpaired) electrons. The molecule has 3 heteroatoms. The lowest BCUT2D eigenvalue weighted by Gasteiger charge is -2.17. The van der Waals surface area contributed by atoms with Gasteiger partial charge in [-0.1, -0.05) is 0 Å². The average molecular weight is 210 g/mol. The molecule has 1 unspecified atom stereocenters. The standard InChI is InChI=1S/C12H15FO2/c1-14-11-7-9(13)5-6-10(11)12(15-2)8-3-4-8/h5-8,12H,3-4H2,1-2H3. The van der Waals surface area contributed by atoms with Gasteiger partial charge >= 0.3 is 0 Å². The van der Waals surface area contributed by atoms with E-state index in [0.29, 0.717) is 11.7 Å². The Morgan fingerprint density at radius 1 is 1.33 bits per heavy atom. The number of hydrogen-bond acceptors (Lipinski definition) is 2. The maximum Gasteiger partial charge on any atom is 0.127 e. The molecule has 0 spiro atoms. The van der Waals surface area contributed by atoms with Crippen LogP contribution in [-0.4, -0.2) is 14.2 Å². The van der Waals surface area contributed by atoms with Gasteiger partial charge in [0.1, 0.15) is 11.6 Å². The molecule has 0 aliphatic heterocycles. The van der Waals surface area contributed by atoms with Gasteiger partial charge in [-0.15, -0.1) is 0 Å². The lowest BCUT2D eigenvalue weighted by Crippen LogP contribution is -2.06. The Hall–Kier alpha value is -1.09. The van der Waals surface area contributed by atoms with Crippen molar-refractivity contribution in [3.63, 3.8) is 0 Å². The van der Waals surface area contributed by atoms with E-state index < -0.39 is 0 Å². The topological polar surface area (TPSA) is 18.5 Å². The van der Waals surface area contributed by atoms with Gasteiger partial charge in [0.15, 0.2) is 0 Å². The molecule has 0 saturated heterocycles. The molecule has 1 saturated carbocycles. The molecule has 2 rings (SSSR count). The van der Waals surface area contributed by atoms with E-state index in [9.17, 15) is 4.39 Å². The van der Waals surface area contributed by atoms with Crippen LogP contribution in [0.25, 0.3) is 0 Å². The summed E-state index contributed by atoms with van der Waals surface area (Å²) in [5.41, 5.74) is 0.948. The minimum atomic E-state index is -0.277. The van der Waals surface area contributed by atoms with E-state index in [-0.39, 0.29) is 11.9 Å². The molecule has 2 nitrogen and oxygen atoms in total. The third-order valence-electron chi connectivity index (χ3n) is 2.81. The number of ether oxygens (including phenoxy) is 2.